The summed E-state index contributed by atoms with van der Waals surface area (Å²) >= 11 is 0. The molecule has 146 valence electrons. The third-order valence-electron chi connectivity index (χ3n) is 6.95. The van der Waals surface area contributed by atoms with Gasteiger partial charge in [0.1, 0.15) is 11.9 Å². The van der Waals surface area contributed by atoms with E-state index in [4.69, 9.17) is 9.97 Å². The van der Waals surface area contributed by atoms with Crippen molar-refractivity contribution in [1.82, 2.24) is 9.97 Å². The minimum Gasteiger partial charge on any atom is -0.337 e. The molecular weight excluding hydrogens is 356 g/mol. The Bertz CT molecular complexity index is 1120. The maximum absolute atomic E-state index is 5.02. The maximum Gasteiger partial charge on any atom is 0.161 e. The second-order valence-corrected chi connectivity index (χ2v) is 8.40. The minimum absolute atomic E-state index is 0.111. The number of rotatable bonds is 2. The molecule has 29 heavy (non-hydrogen) atoms. The van der Waals surface area contributed by atoms with Gasteiger partial charge in [-0.05, 0) is 24.1 Å². The number of hydrogen-bond donors (Lipinski definition) is 0. The lowest BCUT2D eigenvalue weighted by Crippen LogP contribution is -2.54. The summed E-state index contributed by atoms with van der Waals surface area (Å²) in [5.74, 6) is 2.09. The van der Waals surface area contributed by atoms with Gasteiger partial charge in [-0.15, -0.1) is 6.58 Å². The molecule has 0 saturated heterocycles. The second kappa shape index (κ2) is 6.18. The van der Waals surface area contributed by atoms with Crippen molar-refractivity contribution in [1.29, 1.82) is 0 Å². The topological polar surface area (TPSA) is 32.3 Å². The molecule has 3 aromatic rings. The predicted molar refractivity (Wildman–Crippen MR) is 120 cm³/mol. The van der Waals surface area contributed by atoms with E-state index in [0.29, 0.717) is 5.92 Å². The normalized spacial score (nSPS) is 24.7. The molecule has 0 N–H and O–H groups in total. The fraction of sp³-hybridized carbons (Fsp3) is 0.280. The lowest BCUT2D eigenvalue weighted by atomic mass is 9.68. The number of anilines is 3. The van der Waals surface area contributed by atoms with E-state index in [1.54, 1.807) is 0 Å². The third-order valence-corrected chi connectivity index (χ3v) is 6.95. The van der Waals surface area contributed by atoms with Gasteiger partial charge >= 0.3 is 0 Å². The Balaban J connectivity index is 1.71. The van der Waals surface area contributed by atoms with E-state index >= 15 is 0 Å². The molecule has 5 rings (SSSR count). The third kappa shape index (κ3) is 2.32. The number of aryl methyl sites for hydroxylation is 1. The van der Waals surface area contributed by atoms with Crippen LogP contribution in [0.2, 0.25) is 0 Å². The summed E-state index contributed by atoms with van der Waals surface area (Å²) in [5.41, 5.74) is 5.75. The molecule has 3 heterocycles. The molecule has 2 aliphatic heterocycles. The van der Waals surface area contributed by atoms with Crippen molar-refractivity contribution >= 4 is 17.2 Å². The zero-order valence-electron chi connectivity index (χ0n) is 17.4. The van der Waals surface area contributed by atoms with E-state index in [2.05, 4.69) is 86.7 Å². The van der Waals surface area contributed by atoms with Crippen molar-refractivity contribution in [2.75, 3.05) is 16.8 Å². The summed E-state index contributed by atoms with van der Waals surface area (Å²) in [6.45, 7) is 10.9. The zero-order valence-corrected chi connectivity index (χ0v) is 17.4. The van der Waals surface area contributed by atoms with Crippen LogP contribution >= 0.6 is 0 Å². The lowest BCUT2D eigenvalue weighted by molar-refractivity contribution is 0.308. The van der Waals surface area contributed by atoms with Gasteiger partial charge in [-0.25, -0.2) is 9.97 Å². The number of aromatic nitrogens is 2. The Morgan fingerprint density at radius 2 is 1.79 bits per heavy atom. The van der Waals surface area contributed by atoms with E-state index in [9.17, 15) is 0 Å². The first-order chi connectivity index (χ1) is 14.0. The monoisotopic (exact) mass is 382 g/mol. The summed E-state index contributed by atoms with van der Waals surface area (Å²) in [6.07, 6.45) is 4.26. The first-order valence-electron chi connectivity index (χ1n) is 10.2. The summed E-state index contributed by atoms with van der Waals surface area (Å²) in [6, 6.07) is 16.9. The van der Waals surface area contributed by atoms with Gasteiger partial charge in [0, 0.05) is 29.6 Å². The molecule has 4 nitrogen and oxygen atoms in total. The highest BCUT2D eigenvalue weighted by Crippen LogP contribution is 2.55. The van der Waals surface area contributed by atoms with Crippen LogP contribution in [0.3, 0.4) is 0 Å². The van der Waals surface area contributed by atoms with Gasteiger partial charge < -0.3 is 9.80 Å². The maximum atomic E-state index is 5.02. The van der Waals surface area contributed by atoms with Crippen molar-refractivity contribution in [2.24, 2.45) is 5.92 Å². The SMILES string of the molecule is C=CC1(C)c2ccccc2N2c3cnc(-c4ccccc4C)nc3N(C)C2C1C. The molecule has 2 aromatic carbocycles. The fourth-order valence-corrected chi connectivity index (χ4v) is 5.01. The average Bonchev–Trinajstić information content (AvgIpc) is 3.04. The molecule has 3 unspecified atom stereocenters. The highest BCUT2D eigenvalue weighted by atomic mass is 15.4. The molecule has 0 radical (unpaired) electrons. The molecule has 0 amide bonds. The summed E-state index contributed by atoms with van der Waals surface area (Å²) in [5, 5.41) is 0. The number of benzene rings is 2. The van der Waals surface area contributed by atoms with Crippen LogP contribution in [-0.4, -0.2) is 23.2 Å². The zero-order chi connectivity index (χ0) is 20.3. The minimum atomic E-state index is -0.111. The van der Waals surface area contributed by atoms with E-state index < -0.39 is 0 Å². The first kappa shape index (κ1) is 17.9. The Kier molecular flexibility index (Phi) is 3.82. The number of fused-ring (bicyclic) bond motifs is 5. The van der Waals surface area contributed by atoms with E-state index in [-0.39, 0.29) is 11.6 Å². The quantitative estimate of drug-likeness (QED) is 0.551. The molecule has 0 spiro atoms. The molecular formula is C25H26N4. The smallest absolute Gasteiger partial charge is 0.161 e. The summed E-state index contributed by atoms with van der Waals surface area (Å²) < 4.78 is 0. The van der Waals surface area contributed by atoms with Crippen LogP contribution < -0.4 is 9.80 Å². The molecule has 0 aliphatic carbocycles. The van der Waals surface area contributed by atoms with Gasteiger partial charge in [-0.2, -0.15) is 0 Å². The molecule has 2 aliphatic rings. The number of allylic oxidation sites excluding steroid dienone is 1. The molecule has 0 fully saturated rings. The van der Waals surface area contributed by atoms with Gasteiger partial charge in [-0.1, -0.05) is 62.4 Å². The van der Waals surface area contributed by atoms with E-state index in [1.165, 1.54) is 16.8 Å². The van der Waals surface area contributed by atoms with Crippen molar-refractivity contribution in [3.05, 3.63) is 78.5 Å². The van der Waals surface area contributed by atoms with Crippen LogP contribution in [-0.2, 0) is 5.41 Å². The average molecular weight is 383 g/mol. The van der Waals surface area contributed by atoms with Crippen LogP contribution in [0.1, 0.15) is 25.0 Å². The van der Waals surface area contributed by atoms with E-state index in [0.717, 1.165) is 22.9 Å². The fourth-order valence-electron chi connectivity index (χ4n) is 5.01. The Morgan fingerprint density at radius 3 is 2.55 bits per heavy atom. The van der Waals surface area contributed by atoms with Crippen LogP contribution in [0.25, 0.3) is 11.4 Å². The van der Waals surface area contributed by atoms with Gasteiger partial charge in [0.15, 0.2) is 11.6 Å². The molecule has 4 heteroatoms. The Hall–Kier alpha value is -3.14. The number of hydrogen-bond acceptors (Lipinski definition) is 4. The van der Waals surface area contributed by atoms with Crippen molar-refractivity contribution in [2.45, 2.75) is 32.4 Å². The second-order valence-electron chi connectivity index (χ2n) is 8.40. The lowest BCUT2D eigenvalue weighted by Gasteiger charge is -2.49. The molecule has 3 atom stereocenters. The highest BCUT2D eigenvalue weighted by Gasteiger charge is 2.51. The number of nitrogens with zero attached hydrogens (tertiary/aromatic N) is 4. The van der Waals surface area contributed by atoms with Crippen molar-refractivity contribution in [3.63, 3.8) is 0 Å². The Labute approximate surface area is 172 Å². The highest BCUT2D eigenvalue weighted by molar-refractivity contribution is 5.85. The predicted octanol–water partition coefficient (Wildman–Crippen LogP) is 5.46. The van der Waals surface area contributed by atoms with E-state index in [1.807, 2.05) is 18.3 Å². The summed E-state index contributed by atoms with van der Waals surface area (Å²) in [7, 11) is 2.14. The van der Waals surface area contributed by atoms with Crippen LogP contribution in [0, 0.1) is 12.8 Å². The summed E-state index contributed by atoms with van der Waals surface area (Å²) in [4.78, 5) is 14.5. The largest absolute Gasteiger partial charge is 0.337 e. The van der Waals surface area contributed by atoms with Crippen molar-refractivity contribution < 1.29 is 0 Å². The van der Waals surface area contributed by atoms with Crippen molar-refractivity contribution in [3.8, 4) is 11.4 Å². The Morgan fingerprint density at radius 1 is 1.07 bits per heavy atom. The number of para-hydroxylation sites is 1. The first-order valence-corrected chi connectivity index (χ1v) is 10.2. The van der Waals surface area contributed by atoms with Gasteiger partial charge in [0.05, 0.1) is 6.20 Å². The molecule has 1 aromatic heterocycles. The van der Waals surface area contributed by atoms with Gasteiger partial charge in [0.25, 0.3) is 0 Å². The van der Waals surface area contributed by atoms with Crippen LogP contribution in [0.4, 0.5) is 17.2 Å². The molecule has 0 saturated carbocycles. The van der Waals surface area contributed by atoms with Gasteiger partial charge in [-0.3, -0.25) is 0 Å². The standard InChI is InChI=1S/C25H26N4/c1-6-25(4)17(3)24-28(5)23-21(29(24)20-14-10-9-13-19(20)25)15-26-22(27-23)18-12-8-7-11-16(18)2/h6-15,17,24H,1H2,2-5H3. The van der Waals surface area contributed by atoms with Crippen LogP contribution in [0.15, 0.2) is 67.4 Å². The van der Waals surface area contributed by atoms with Gasteiger partial charge in [0.2, 0.25) is 0 Å². The molecule has 0 bridgehead atoms. The van der Waals surface area contributed by atoms with Crippen LogP contribution in [0.5, 0.6) is 0 Å².